The van der Waals surface area contributed by atoms with Crippen molar-refractivity contribution in [2.24, 2.45) is 0 Å². The fraction of sp³-hybridized carbons (Fsp3) is 0.286. The Morgan fingerprint density at radius 3 is 2.69 bits per heavy atom. The molecule has 0 unspecified atom stereocenters. The summed E-state index contributed by atoms with van der Waals surface area (Å²) in [6.45, 7) is 1.19. The molecule has 1 aliphatic carbocycles. The van der Waals surface area contributed by atoms with Crippen molar-refractivity contribution in [1.29, 1.82) is 0 Å². The lowest BCUT2D eigenvalue weighted by Gasteiger charge is -2.23. The molecule has 5 heteroatoms. The van der Waals surface area contributed by atoms with Crippen LogP contribution in [0, 0.1) is 0 Å². The number of nitrogens with zero attached hydrogens (tertiary/aromatic N) is 1. The standard InChI is InChI=1S/C21H19ClN2O2/c22-13-5-7-16-18(11-13)24-17-4-2-1-3-15(17)21(16)23-14-6-8-19-20(12-14)26-10-9-25-19/h5-8,11-12H,1-4,9-10H2,(H,23,24). The number of pyridine rings is 1. The summed E-state index contributed by atoms with van der Waals surface area (Å²) < 4.78 is 11.3. The van der Waals surface area contributed by atoms with Gasteiger partial charge in [-0.3, -0.25) is 4.98 Å². The van der Waals surface area contributed by atoms with Gasteiger partial charge in [-0.25, -0.2) is 0 Å². The minimum absolute atomic E-state index is 0.586. The molecule has 2 aromatic carbocycles. The molecule has 2 heterocycles. The highest BCUT2D eigenvalue weighted by Gasteiger charge is 2.19. The molecule has 1 aromatic heterocycles. The van der Waals surface area contributed by atoms with Gasteiger partial charge in [-0.1, -0.05) is 11.6 Å². The van der Waals surface area contributed by atoms with Gasteiger partial charge in [-0.2, -0.15) is 0 Å². The molecule has 0 fully saturated rings. The average molecular weight is 367 g/mol. The highest BCUT2D eigenvalue weighted by Crippen LogP contribution is 2.38. The van der Waals surface area contributed by atoms with Crippen LogP contribution in [0.4, 0.5) is 11.4 Å². The predicted octanol–water partition coefficient (Wildman–Crippen LogP) is 5.28. The average Bonchev–Trinajstić information content (AvgIpc) is 2.67. The van der Waals surface area contributed by atoms with Crippen molar-refractivity contribution < 1.29 is 9.47 Å². The number of anilines is 2. The highest BCUT2D eigenvalue weighted by atomic mass is 35.5. The van der Waals surface area contributed by atoms with Crippen LogP contribution in [0.3, 0.4) is 0 Å². The maximum Gasteiger partial charge on any atom is 0.163 e. The minimum Gasteiger partial charge on any atom is -0.486 e. The van der Waals surface area contributed by atoms with Crippen LogP contribution < -0.4 is 14.8 Å². The Balaban J connectivity index is 1.63. The van der Waals surface area contributed by atoms with Crippen LogP contribution in [0.1, 0.15) is 24.1 Å². The Labute approximate surface area is 157 Å². The third kappa shape index (κ3) is 2.74. The van der Waals surface area contributed by atoms with Crippen molar-refractivity contribution in [1.82, 2.24) is 4.98 Å². The molecule has 26 heavy (non-hydrogen) atoms. The first-order chi connectivity index (χ1) is 12.8. The van der Waals surface area contributed by atoms with Crippen LogP contribution in [0.15, 0.2) is 36.4 Å². The molecule has 0 spiro atoms. The second-order valence-electron chi connectivity index (χ2n) is 6.76. The van der Waals surface area contributed by atoms with Crippen LogP contribution in [0.2, 0.25) is 5.02 Å². The Hall–Kier alpha value is -2.46. The van der Waals surface area contributed by atoms with Crippen LogP contribution in [0.25, 0.3) is 10.9 Å². The van der Waals surface area contributed by atoms with E-state index in [1.807, 2.05) is 30.3 Å². The van der Waals surface area contributed by atoms with Gasteiger partial charge < -0.3 is 14.8 Å². The van der Waals surface area contributed by atoms with E-state index < -0.39 is 0 Å². The third-order valence-corrected chi connectivity index (χ3v) is 5.27. The maximum atomic E-state index is 6.20. The number of fused-ring (bicyclic) bond motifs is 3. The summed E-state index contributed by atoms with van der Waals surface area (Å²) in [5, 5.41) is 5.44. The third-order valence-electron chi connectivity index (χ3n) is 5.04. The maximum absolute atomic E-state index is 6.20. The van der Waals surface area contributed by atoms with Gasteiger partial charge in [0.1, 0.15) is 13.2 Å². The van der Waals surface area contributed by atoms with Crippen molar-refractivity contribution >= 4 is 33.9 Å². The number of benzene rings is 2. The quantitative estimate of drug-likeness (QED) is 0.670. The largest absolute Gasteiger partial charge is 0.486 e. The second-order valence-corrected chi connectivity index (χ2v) is 7.20. The first-order valence-electron chi connectivity index (χ1n) is 9.05. The van der Waals surface area contributed by atoms with Crippen molar-refractivity contribution in [3.8, 4) is 11.5 Å². The minimum atomic E-state index is 0.586. The fourth-order valence-corrected chi connectivity index (χ4v) is 3.97. The summed E-state index contributed by atoms with van der Waals surface area (Å²) in [5.41, 5.74) is 5.58. The molecule has 0 saturated carbocycles. The lowest BCUT2D eigenvalue weighted by molar-refractivity contribution is 0.171. The van der Waals surface area contributed by atoms with E-state index in [1.165, 1.54) is 24.1 Å². The topological polar surface area (TPSA) is 43.4 Å². The SMILES string of the molecule is Clc1ccc2c(Nc3ccc4c(c3)OCCO4)c3c(nc2c1)CCCC3. The monoisotopic (exact) mass is 366 g/mol. The van der Waals surface area contributed by atoms with Crippen molar-refractivity contribution in [3.05, 3.63) is 52.7 Å². The Bertz CT molecular complexity index is 1000. The zero-order chi connectivity index (χ0) is 17.5. The molecule has 0 bridgehead atoms. The number of aromatic nitrogens is 1. The molecule has 4 nitrogen and oxygen atoms in total. The van der Waals surface area contributed by atoms with E-state index in [-0.39, 0.29) is 0 Å². The molecule has 1 N–H and O–H groups in total. The van der Waals surface area contributed by atoms with Gasteiger partial charge in [0.15, 0.2) is 11.5 Å². The molecule has 0 atom stereocenters. The molecule has 1 aliphatic heterocycles. The number of rotatable bonds is 2. The summed E-state index contributed by atoms with van der Waals surface area (Å²) in [7, 11) is 0. The summed E-state index contributed by atoms with van der Waals surface area (Å²) in [6.07, 6.45) is 4.46. The van der Waals surface area contributed by atoms with Crippen LogP contribution in [-0.4, -0.2) is 18.2 Å². The van der Waals surface area contributed by atoms with Gasteiger partial charge in [0, 0.05) is 27.9 Å². The molecular weight excluding hydrogens is 348 g/mol. The van der Waals surface area contributed by atoms with E-state index in [0.717, 1.165) is 46.6 Å². The lowest BCUT2D eigenvalue weighted by Crippen LogP contribution is -2.15. The van der Waals surface area contributed by atoms with Crippen molar-refractivity contribution in [3.63, 3.8) is 0 Å². The van der Waals surface area contributed by atoms with Gasteiger partial charge in [0.2, 0.25) is 0 Å². The van der Waals surface area contributed by atoms with Crippen LogP contribution in [-0.2, 0) is 12.8 Å². The lowest BCUT2D eigenvalue weighted by atomic mass is 9.92. The fourth-order valence-electron chi connectivity index (χ4n) is 3.81. The molecule has 0 radical (unpaired) electrons. The Morgan fingerprint density at radius 2 is 1.77 bits per heavy atom. The molecule has 132 valence electrons. The van der Waals surface area contributed by atoms with Crippen LogP contribution >= 0.6 is 11.6 Å². The molecule has 0 saturated heterocycles. The normalized spacial score (nSPS) is 15.6. The first-order valence-corrected chi connectivity index (χ1v) is 9.43. The van der Waals surface area contributed by atoms with E-state index >= 15 is 0 Å². The highest BCUT2D eigenvalue weighted by molar-refractivity contribution is 6.31. The van der Waals surface area contributed by atoms with Gasteiger partial charge in [-0.15, -0.1) is 0 Å². The van der Waals surface area contributed by atoms with Crippen LogP contribution in [0.5, 0.6) is 11.5 Å². The Morgan fingerprint density at radius 1 is 0.923 bits per heavy atom. The summed E-state index contributed by atoms with van der Waals surface area (Å²) in [6, 6.07) is 11.9. The first kappa shape index (κ1) is 15.8. The number of aryl methyl sites for hydroxylation is 1. The Kier molecular flexibility index (Phi) is 3.86. The number of hydrogen-bond acceptors (Lipinski definition) is 4. The summed E-state index contributed by atoms with van der Waals surface area (Å²) in [4.78, 5) is 4.88. The molecule has 0 amide bonds. The zero-order valence-electron chi connectivity index (χ0n) is 14.3. The second kappa shape index (κ2) is 6.36. The smallest absolute Gasteiger partial charge is 0.163 e. The van der Waals surface area contributed by atoms with Gasteiger partial charge in [-0.05, 0) is 61.6 Å². The van der Waals surface area contributed by atoms with Gasteiger partial charge >= 0.3 is 0 Å². The molecule has 2 aliphatic rings. The van der Waals surface area contributed by atoms with E-state index in [4.69, 9.17) is 26.1 Å². The van der Waals surface area contributed by atoms with Gasteiger partial charge in [0.25, 0.3) is 0 Å². The molecular formula is C21H19ClN2O2. The molecule has 5 rings (SSSR count). The van der Waals surface area contributed by atoms with E-state index in [1.54, 1.807) is 0 Å². The van der Waals surface area contributed by atoms with E-state index in [0.29, 0.717) is 18.2 Å². The number of ether oxygens (including phenoxy) is 2. The summed E-state index contributed by atoms with van der Waals surface area (Å²) >= 11 is 6.20. The summed E-state index contributed by atoms with van der Waals surface area (Å²) in [5.74, 6) is 1.59. The van der Waals surface area contributed by atoms with E-state index in [2.05, 4.69) is 11.4 Å². The zero-order valence-corrected chi connectivity index (χ0v) is 15.1. The van der Waals surface area contributed by atoms with Crippen molar-refractivity contribution in [2.45, 2.75) is 25.7 Å². The van der Waals surface area contributed by atoms with E-state index in [9.17, 15) is 0 Å². The van der Waals surface area contributed by atoms with Crippen molar-refractivity contribution in [2.75, 3.05) is 18.5 Å². The van der Waals surface area contributed by atoms with Gasteiger partial charge in [0.05, 0.1) is 11.2 Å². The predicted molar refractivity (Wildman–Crippen MR) is 104 cm³/mol. The number of halogens is 1. The number of hydrogen-bond donors (Lipinski definition) is 1. The molecule has 3 aromatic rings. The number of nitrogens with one attached hydrogen (secondary N) is 1.